The minimum absolute atomic E-state index is 0.0219. The fourth-order valence-electron chi connectivity index (χ4n) is 2.47. The number of carbonyl (C=O) groups excluding carboxylic acids is 1. The van der Waals surface area contributed by atoms with Gasteiger partial charge in [-0.1, -0.05) is 18.2 Å². The monoisotopic (exact) mass is 396 g/mol. The van der Waals surface area contributed by atoms with Gasteiger partial charge in [0.1, 0.15) is 5.82 Å². The second-order valence-corrected chi connectivity index (χ2v) is 6.08. The fourth-order valence-corrected chi connectivity index (χ4v) is 2.93. The Morgan fingerprint density at radius 2 is 1.95 bits per heavy atom. The molecule has 21 heavy (non-hydrogen) atoms. The predicted molar refractivity (Wildman–Crippen MR) is 90.4 cm³/mol. The molecule has 0 fully saturated rings. The highest BCUT2D eigenvalue weighted by atomic mass is 127. The summed E-state index contributed by atoms with van der Waals surface area (Å²) in [5.74, 6) is -0.295. The summed E-state index contributed by atoms with van der Waals surface area (Å²) in [6.07, 6.45) is 1.20. The van der Waals surface area contributed by atoms with Crippen molar-refractivity contribution in [3.05, 3.63) is 51.9 Å². The molecule has 1 amide bonds. The molecule has 0 atom stereocenters. The number of nitrogens with one attached hydrogen (secondary N) is 1. The third-order valence-electron chi connectivity index (χ3n) is 3.46. The molecule has 0 aromatic heterocycles. The Labute approximate surface area is 136 Å². The van der Waals surface area contributed by atoms with Gasteiger partial charge in [0.15, 0.2) is 0 Å². The summed E-state index contributed by atoms with van der Waals surface area (Å²) in [7, 11) is 0. The molecule has 1 heterocycles. The minimum Gasteiger partial charge on any atom is -0.340 e. The van der Waals surface area contributed by atoms with Crippen LogP contribution in [-0.2, 0) is 4.79 Å². The zero-order chi connectivity index (χ0) is 14.8. The zero-order valence-electron chi connectivity index (χ0n) is 11.3. The van der Waals surface area contributed by atoms with Gasteiger partial charge < -0.3 is 10.2 Å². The number of benzene rings is 2. The molecule has 0 saturated heterocycles. The lowest BCUT2D eigenvalue weighted by molar-refractivity contribution is -0.116. The summed E-state index contributed by atoms with van der Waals surface area (Å²) >= 11 is 1.94. The maximum absolute atomic E-state index is 14.0. The average molecular weight is 396 g/mol. The van der Waals surface area contributed by atoms with Crippen molar-refractivity contribution < 1.29 is 9.18 Å². The van der Waals surface area contributed by atoms with Crippen LogP contribution < -0.4 is 10.2 Å². The van der Waals surface area contributed by atoms with E-state index in [0.29, 0.717) is 27.9 Å². The van der Waals surface area contributed by atoms with E-state index >= 15 is 0 Å². The molecule has 0 radical (unpaired) electrons. The summed E-state index contributed by atoms with van der Waals surface area (Å²) in [6, 6.07) is 13.0. The van der Waals surface area contributed by atoms with Gasteiger partial charge in [-0.05, 0) is 47.2 Å². The number of carbonyl (C=O) groups is 1. The minimum atomic E-state index is -0.273. The molecular formula is C16H14FIN2O. The summed E-state index contributed by atoms with van der Waals surface area (Å²) in [5.41, 5.74) is 2.36. The van der Waals surface area contributed by atoms with Gasteiger partial charge in [-0.15, -0.1) is 0 Å². The van der Waals surface area contributed by atoms with Crippen molar-refractivity contribution in [3.63, 3.8) is 0 Å². The van der Waals surface area contributed by atoms with Crippen LogP contribution in [0.3, 0.4) is 0 Å². The zero-order valence-corrected chi connectivity index (χ0v) is 13.4. The van der Waals surface area contributed by atoms with Crippen LogP contribution in [0.15, 0.2) is 42.5 Å². The van der Waals surface area contributed by atoms with Gasteiger partial charge in [0.25, 0.3) is 0 Å². The Morgan fingerprint density at radius 1 is 1.19 bits per heavy atom. The normalized spacial score (nSPS) is 15.0. The third kappa shape index (κ3) is 3.02. The first-order chi connectivity index (χ1) is 10.1. The number of hydrogen-bond donors (Lipinski definition) is 1. The van der Waals surface area contributed by atoms with Crippen LogP contribution in [0, 0.1) is 9.39 Å². The van der Waals surface area contributed by atoms with Gasteiger partial charge in [-0.3, -0.25) is 4.79 Å². The molecule has 5 heteroatoms. The molecule has 108 valence electrons. The predicted octanol–water partition coefficient (Wildman–Crippen LogP) is 4.30. The van der Waals surface area contributed by atoms with E-state index < -0.39 is 0 Å². The quantitative estimate of drug-likeness (QED) is 0.730. The highest BCUT2D eigenvalue weighted by Crippen LogP contribution is 2.36. The molecule has 0 aliphatic carbocycles. The maximum Gasteiger partial charge on any atom is 0.224 e. The molecule has 1 N–H and O–H groups in total. The Balaban J connectivity index is 2.13. The van der Waals surface area contributed by atoms with Crippen LogP contribution in [0.25, 0.3) is 0 Å². The van der Waals surface area contributed by atoms with Crippen molar-refractivity contribution in [2.75, 3.05) is 16.8 Å². The van der Waals surface area contributed by atoms with Crippen LogP contribution in [0.5, 0.6) is 0 Å². The Kier molecular flexibility index (Phi) is 4.10. The standard InChI is InChI=1S/C16H14FIN2O/c17-12-9-15-14(10-13(12)18)19-16(21)7-4-8-20(15)11-5-2-1-3-6-11/h1-3,5-6,9-10H,4,7-8H2,(H,19,21). The first-order valence-electron chi connectivity index (χ1n) is 6.76. The number of rotatable bonds is 1. The summed E-state index contributed by atoms with van der Waals surface area (Å²) in [4.78, 5) is 13.9. The molecule has 0 unspecified atom stereocenters. The number of nitrogens with zero attached hydrogens (tertiary/aromatic N) is 1. The molecule has 3 nitrogen and oxygen atoms in total. The van der Waals surface area contributed by atoms with Gasteiger partial charge in [-0.2, -0.15) is 0 Å². The van der Waals surface area contributed by atoms with Crippen LogP contribution in [0.2, 0.25) is 0 Å². The second-order valence-electron chi connectivity index (χ2n) is 4.92. The lowest BCUT2D eigenvalue weighted by Crippen LogP contribution is -2.26. The number of amides is 1. The number of halogens is 2. The Hall–Kier alpha value is -1.63. The highest BCUT2D eigenvalue weighted by molar-refractivity contribution is 14.1. The van der Waals surface area contributed by atoms with Crippen molar-refractivity contribution >= 4 is 45.6 Å². The molecule has 0 saturated carbocycles. The van der Waals surface area contributed by atoms with E-state index in [1.807, 2.05) is 57.8 Å². The van der Waals surface area contributed by atoms with Crippen molar-refractivity contribution in [1.29, 1.82) is 0 Å². The Bertz CT molecular complexity index is 675. The van der Waals surface area contributed by atoms with Gasteiger partial charge >= 0.3 is 0 Å². The van der Waals surface area contributed by atoms with Crippen LogP contribution >= 0.6 is 22.6 Å². The van der Waals surface area contributed by atoms with E-state index in [1.54, 1.807) is 6.07 Å². The molecule has 1 aliphatic rings. The van der Waals surface area contributed by atoms with Crippen molar-refractivity contribution in [3.8, 4) is 0 Å². The lowest BCUT2D eigenvalue weighted by Gasteiger charge is -2.29. The van der Waals surface area contributed by atoms with Crippen molar-refractivity contribution in [1.82, 2.24) is 0 Å². The average Bonchev–Trinajstić information content (AvgIpc) is 2.47. The van der Waals surface area contributed by atoms with E-state index in [2.05, 4.69) is 5.32 Å². The third-order valence-corrected chi connectivity index (χ3v) is 4.28. The van der Waals surface area contributed by atoms with Gasteiger partial charge in [0, 0.05) is 24.7 Å². The maximum atomic E-state index is 14.0. The summed E-state index contributed by atoms with van der Waals surface area (Å²) < 4.78 is 14.5. The van der Waals surface area contributed by atoms with E-state index in [4.69, 9.17) is 0 Å². The molecule has 0 spiro atoms. The molecule has 0 bridgehead atoms. The number of anilines is 3. The topological polar surface area (TPSA) is 32.3 Å². The van der Waals surface area contributed by atoms with Gasteiger partial charge in [0.2, 0.25) is 5.91 Å². The van der Waals surface area contributed by atoms with Crippen molar-refractivity contribution in [2.45, 2.75) is 12.8 Å². The van der Waals surface area contributed by atoms with E-state index in [9.17, 15) is 9.18 Å². The molecule has 2 aromatic carbocycles. The molecule has 2 aromatic rings. The van der Waals surface area contributed by atoms with Crippen molar-refractivity contribution in [2.24, 2.45) is 0 Å². The summed E-state index contributed by atoms with van der Waals surface area (Å²) in [6.45, 7) is 0.685. The first-order valence-corrected chi connectivity index (χ1v) is 7.84. The number of para-hydroxylation sites is 1. The molecule has 1 aliphatic heterocycles. The van der Waals surface area contributed by atoms with E-state index in [1.165, 1.54) is 6.07 Å². The second kappa shape index (κ2) is 6.01. The number of hydrogen-bond acceptors (Lipinski definition) is 2. The van der Waals surface area contributed by atoms with Crippen LogP contribution in [-0.4, -0.2) is 12.5 Å². The Morgan fingerprint density at radius 3 is 2.71 bits per heavy atom. The summed E-state index contributed by atoms with van der Waals surface area (Å²) in [5, 5.41) is 2.88. The smallest absolute Gasteiger partial charge is 0.224 e. The number of fused-ring (bicyclic) bond motifs is 1. The molecular weight excluding hydrogens is 382 g/mol. The lowest BCUT2D eigenvalue weighted by atomic mass is 10.1. The van der Waals surface area contributed by atoms with E-state index in [-0.39, 0.29) is 11.7 Å². The van der Waals surface area contributed by atoms with Gasteiger partial charge in [0.05, 0.1) is 14.9 Å². The highest BCUT2D eigenvalue weighted by Gasteiger charge is 2.20. The molecule has 3 rings (SSSR count). The van der Waals surface area contributed by atoms with Gasteiger partial charge in [-0.25, -0.2) is 4.39 Å². The SMILES string of the molecule is O=C1CCCN(c2ccccc2)c2cc(F)c(I)cc2N1. The van der Waals surface area contributed by atoms with Crippen LogP contribution in [0.1, 0.15) is 12.8 Å². The largest absolute Gasteiger partial charge is 0.340 e. The fraction of sp³-hybridized carbons (Fsp3) is 0.188. The first kappa shape index (κ1) is 14.3. The van der Waals surface area contributed by atoms with Crippen LogP contribution in [0.4, 0.5) is 21.5 Å². The van der Waals surface area contributed by atoms with E-state index in [0.717, 1.165) is 12.1 Å².